The lowest BCUT2D eigenvalue weighted by molar-refractivity contribution is -0.140. The first kappa shape index (κ1) is 18.6. The maximum Gasteiger partial charge on any atom is 0.336 e. The number of rotatable bonds is 5. The quantitative estimate of drug-likeness (QED) is 0.780. The van der Waals surface area contributed by atoms with Crippen LogP contribution in [-0.2, 0) is 19.1 Å². The Labute approximate surface area is 144 Å². The second-order valence-electron chi connectivity index (χ2n) is 6.52. The van der Waals surface area contributed by atoms with E-state index in [1.54, 1.807) is 13.8 Å². The fraction of sp³-hybridized carbons (Fsp3) is 0.684. The van der Waals surface area contributed by atoms with Crippen molar-refractivity contribution in [3.05, 3.63) is 22.5 Å². The van der Waals surface area contributed by atoms with Crippen molar-refractivity contribution in [2.24, 2.45) is 11.8 Å². The number of ether oxygens (including phenoxy) is 2. The molecule has 0 aromatic heterocycles. The van der Waals surface area contributed by atoms with Gasteiger partial charge in [-0.1, -0.05) is 19.3 Å². The van der Waals surface area contributed by atoms with E-state index >= 15 is 0 Å². The molecule has 1 N–H and O–H groups in total. The highest BCUT2D eigenvalue weighted by Gasteiger charge is 2.41. The predicted octanol–water partition coefficient (Wildman–Crippen LogP) is 3.46. The molecule has 1 aliphatic carbocycles. The molecular weight excluding hydrogens is 306 g/mol. The third-order valence-corrected chi connectivity index (χ3v) is 4.92. The van der Waals surface area contributed by atoms with Gasteiger partial charge in [-0.2, -0.15) is 0 Å². The summed E-state index contributed by atoms with van der Waals surface area (Å²) in [4.78, 5) is 25.2. The molecule has 0 saturated heterocycles. The van der Waals surface area contributed by atoms with Gasteiger partial charge >= 0.3 is 11.9 Å². The van der Waals surface area contributed by atoms with Crippen LogP contribution < -0.4 is 5.32 Å². The van der Waals surface area contributed by atoms with Gasteiger partial charge in [-0.25, -0.2) is 9.59 Å². The Morgan fingerprint density at radius 1 is 0.917 bits per heavy atom. The Morgan fingerprint density at radius 3 is 1.79 bits per heavy atom. The standard InChI is InChI=1S/C19H29NO4/c1-5-23-18(21)15-12(3)20-13(4)16(19(22)24-6-2)17(15)14-10-8-7-9-11-14/h14,17,20H,5-11H2,1-4H3. The average molecular weight is 335 g/mol. The highest BCUT2D eigenvalue weighted by atomic mass is 16.5. The number of carbonyl (C=O) groups excluding carboxylic acids is 2. The molecule has 5 nitrogen and oxygen atoms in total. The van der Waals surface area contributed by atoms with E-state index < -0.39 is 0 Å². The number of nitrogens with one attached hydrogen (secondary N) is 1. The largest absolute Gasteiger partial charge is 0.463 e. The summed E-state index contributed by atoms with van der Waals surface area (Å²) in [5.41, 5.74) is 2.76. The molecule has 1 aliphatic heterocycles. The van der Waals surface area contributed by atoms with Gasteiger partial charge in [0.1, 0.15) is 0 Å². The number of hydrogen-bond donors (Lipinski definition) is 1. The van der Waals surface area contributed by atoms with Gasteiger partial charge in [0.05, 0.1) is 24.4 Å². The van der Waals surface area contributed by atoms with E-state index in [2.05, 4.69) is 5.32 Å². The third kappa shape index (κ3) is 3.82. The van der Waals surface area contributed by atoms with E-state index in [1.165, 1.54) is 6.42 Å². The van der Waals surface area contributed by atoms with Gasteiger partial charge < -0.3 is 14.8 Å². The lowest BCUT2D eigenvalue weighted by Gasteiger charge is -2.36. The summed E-state index contributed by atoms with van der Waals surface area (Å²) >= 11 is 0. The zero-order valence-electron chi connectivity index (χ0n) is 15.2. The van der Waals surface area contributed by atoms with Gasteiger partial charge in [-0.3, -0.25) is 0 Å². The summed E-state index contributed by atoms with van der Waals surface area (Å²) in [7, 11) is 0. The summed E-state index contributed by atoms with van der Waals surface area (Å²) in [5, 5.41) is 3.18. The number of esters is 2. The van der Waals surface area contributed by atoms with Crippen LogP contribution in [0.4, 0.5) is 0 Å². The summed E-state index contributed by atoms with van der Waals surface area (Å²) in [6.45, 7) is 8.01. The van der Waals surface area contributed by atoms with Gasteiger partial charge in [0, 0.05) is 17.3 Å². The molecule has 1 heterocycles. The fourth-order valence-corrected chi connectivity index (χ4v) is 3.94. The molecule has 1 fully saturated rings. The zero-order chi connectivity index (χ0) is 17.7. The highest BCUT2D eigenvalue weighted by Crippen LogP contribution is 2.42. The van der Waals surface area contributed by atoms with Crippen LogP contribution in [0.5, 0.6) is 0 Å². The van der Waals surface area contributed by atoms with Crippen molar-refractivity contribution in [3.8, 4) is 0 Å². The molecular formula is C19H29NO4. The summed E-state index contributed by atoms with van der Waals surface area (Å²) in [6, 6.07) is 0. The van der Waals surface area contributed by atoms with Crippen molar-refractivity contribution in [1.29, 1.82) is 0 Å². The molecule has 0 unspecified atom stereocenters. The van der Waals surface area contributed by atoms with Crippen LogP contribution in [-0.4, -0.2) is 25.2 Å². The van der Waals surface area contributed by atoms with Crippen LogP contribution in [0.3, 0.4) is 0 Å². The number of allylic oxidation sites excluding steroid dienone is 2. The Balaban J connectivity index is 2.45. The Morgan fingerprint density at radius 2 is 1.38 bits per heavy atom. The van der Waals surface area contributed by atoms with Crippen molar-refractivity contribution >= 4 is 11.9 Å². The Bertz CT molecular complexity index is 516. The first-order valence-corrected chi connectivity index (χ1v) is 9.04. The minimum Gasteiger partial charge on any atom is -0.463 e. The van der Waals surface area contributed by atoms with E-state index in [0.29, 0.717) is 24.4 Å². The Kier molecular flexibility index (Phi) is 6.46. The first-order chi connectivity index (χ1) is 11.5. The molecule has 2 rings (SSSR count). The van der Waals surface area contributed by atoms with Crippen LogP contribution >= 0.6 is 0 Å². The SMILES string of the molecule is CCOC(=O)C1=C(C)NC(C)=C(C(=O)OCC)C1C1CCCCC1. The van der Waals surface area contributed by atoms with Crippen LogP contribution in [0.2, 0.25) is 0 Å². The maximum absolute atomic E-state index is 12.6. The van der Waals surface area contributed by atoms with E-state index in [-0.39, 0.29) is 23.8 Å². The molecule has 0 spiro atoms. The second-order valence-corrected chi connectivity index (χ2v) is 6.52. The van der Waals surface area contributed by atoms with Crippen molar-refractivity contribution in [2.45, 2.75) is 59.8 Å². The molecule has 0 bridgehead atoms. The van der Waals surface area contributed by atoms with E-state index in [9.17, 15) is 9.59 Å². The summed E-state index contributed by atoms with van der Waals surface area (Å²) < 4.78 is 10.6. The molecule has 0 aromatic rings. The lowest BCUT2D eigenvalue weighted by atomic mass is 9.71. The maximum atomic E-state index is 12.6. The van der Waals surface area contributed by atoms with E-state index in [0.717, 1.165) is 37.1 Å². The fourth-order valence-electron chi connectivity index (χ4n) is 3.94. The molecule has 24 heavy (non-hydrogen) atoms. The van der Waals surface area contributed by atoms with Crippen molar-refractivity contribution in [3.63, 3.8) is 0 Å². The first-order valence-electron chi connectivity index (χ1n) is 9.04. The molecule has 0 radical (unpaired) electrons. The molecule has 0 amide bonds. The van der Waals surface area contributed by atoms with E-state index in [1.807, 2.05) is 13.8 Å². The molecule has 5 heteroatoms. The van der Waals surface area contributed by atoms with E-state index in [4.69, 9.17) is 9.47 Å². The topological polar surface area (TPSA) is 64.6 Å². The van der Waals surface area contributed by atoms with Crippen molar-refractivity contribution in [2.75, 3.05) is 13.2 Å². The Hall–Kier alpha value is -1.78. The minimum atomic E-state index is -0.327. The van der Waals surface area contributed by atoms with Gasteiger partial charge in [0.2, 0.25) is 0 Å². The molecule has 134 valence electrons. The molecule has 2 aliphatic rings. The minimum absolute atomic E-state index is 0.232. The summed E-state index contributed by atoms with van der Waals surface area (Å²) in [6.07, 6.45) is 5.54. The van der Waals surface area contributed by atoms with Crippen LogP contribution in [0.1, 0.15) is 59.8 Å². The van der Waals surface area contributed by atoms with Gasteiger partial charge in [0.25, 0.3) is 0 Å². The third-order valence-electron chi connectivity index (χ3n) is 4.92. The average Bonchev–Trinajstić information content (AvgIpc) is 2.55. The van der Waals surface area contributed by atoms with Gasteiger partial charge in [-0.05, 0) is 46.5 Å². The number of hydrogen-bond acceptors (Lipinski definition) is 5. The van der Waals surface area contributed by atoms with Crippen molar-refractivity contribution in [1.82, 2.24) is 5.32 Å². The number of carbonyl (C=O) groups is 2. The van der Waals surface area contributed by atoms with Crippen LogP contribution in [0, 0.1) is 11.8 Å². The van der Waals surface area contributed by atoms with Crippen LogP contribution in [0.25, 0.3) is 0 Å². The smallest absolute Gasteiger partial charge is 0.336 e. The predicted molar refractivity (Wildman–Crippen MR) is 91.9 cm³/mol. The highest BCUT2D eigenvalue weighted by molar-refractivity contribution is 5.97. The van der Waals surface area contributed by atoms with Crippen molar-refractivity contribution < 1.29 is 19.1 Å². The molecule has 0 atom stereocenters. The molecule has 0 aromatic carbocycles. The zero-order valence-corrected chi connectivity index (χ0v) is 15.2. The van der Waals surface area contributed by atoms with Crippen LogP contribution in [0.15, 0.2) is 22.5 Å². The van der Waals surface area contributed by atoms with Gasteiger partial charge in [0.15, 0.2) is 0 Å². The summed E-state index contributed by atoms with van der Waals surface area (Å²) in [5.74, 6) is -0.603. The van der Waals surface area contributed by atoms with Gasteiger partial charge in [-0.15, -0.1) is 0 Å². The number of dihydropyridines is 1. The normalized spacial score (nSPS) is 20.0. The second kappa shape index (κ2) is 8.36. The molecule has 1 saturated carbocycles. The monoisotopic (exact) mass is 335 g/mol. The lowest BCUT2D eigenvalue weighted by Crippen LogP contribution is -2.37.